The summed E-state index contributed by atoms with van der Waals surface area (Å²) in [4.78, 5) is 11.8. The topological polar surface area (TPSA) is 50.4 Å². The van der Waals surface area contributed by atoms with Crippen molar-refractivity contribution < 1.29 is 9.53 Å². The number of carbonyl (C=O) groups is 1. The largest absolute Gasteiger partial charge is 0.381 e. The average molecular weight is 226 g/mol. The molecule has 0 bridgehead atoms. The van der Waals surface area contributed by atoms with Crippen LogP contribution >= 0.6 is 0 Å². The van der Waals surface area contributed by atoms with Crippen LogP contribution in [0.25, 0.3) is 0 Å². The molecule has 2 saturated heterocycles. The highest BCUT2D eigenvalue weighted by Gasteiger charge is 2.24. The molecule has 16 heavy (non-hydrogen) atoms. The molecule has 4 heteroatoms. The molecule has 3 unspecified atom stereocenters. The van der Waals surface area contributed by atoms with Gasteiger partial charge in [0.2, 0.25) is 5.91 Å². The molecule has 0 radical (unpaired) electrons. The molecule has 0 aromatic carbocycles. The number of rotatable bonds is 4. The molecule has 3 atom stereocenters. The molecule has 2 rings (SSSR count). The first-order chi connectivity index (χ1) is 7.75. The molecule has 2 fully saturated rings. The molecule has 92 valence electrons. The van der Waals surface area contributed by atoms with Crippen molar-refractivity contribution >= 4 is 5.91 Å². The normalized spacial score (nSPS) is 31.6. The van der Waals surface area contributed by atoms with Gasteiger partial charge in [0.05, 0.1) is 6.61 Å². The van der Waals surface area contributed by atoms with Crippen molar-refractivity contribution in [3.63, 3.8) is 0 Å². The first-order valence-corrected chi connectivity index (χ1v) is 6.36. The van der Waals surface area contributed by atoms with Crippen LogP contribution in [0.2, 0.25) is 0 Å². The molecule has 0 saturated carbocycles. The molecular weight excluding hydrogens is 204 g/mol. The summed E-state index contributed by atoms with van der Waals surface area (Å²) < 4.78 is 5.33. The maximum absolute atomic E-state index is 11.8. The third-order valence-corrected chi connectivity index (χ3v) is 3.65. The number of hydrogen-bond donors (Lipinski definition) is 2. The second kappa shape index (κ2) is 5.64. The van der Waals surface area contributed by atoms with E-state index in [2.05, 4.69) is 17.6 Å². The predicted molar refractivity (Wildman–Crippen MR) is 62.2 cm³/mol. The summed E-state index contributed by atoms with van der Waals surface area (Å²) >= 11 is 0. The number of nitrogens with one attached hydrogen (secondary N) is 2. The van der Waals surface area contributed by atoms with Crippen LogP contribution in [0.4, 0.5) is 0 Å². The van der Waals surface area contributed by atoms with Crippen molar-refractivity contribution in [1.29, 1.82) is 0 Å². The summed E-state index contributed by atoms with van der Waals surface area (Å²) in [6.07, 6.45) is 4.03. The van der Waals surface area contributed by atoms with E-state index in [-0.39, 0.29) is 11.9 Å². The van der Waals surface area contributed by atoms with E-state index in [0.29, 0.717) is 18.4 Å². The van der Waals surface area contributed by atoms with Crippen molar-refractivity contribution in [1.82, 2.24) is 10.6 Å². The van der Waals surface area contributed by atoms with Gasteiger partial charge in [-0.15, -0.1) is 0 Å². The zero-order valence-corrected chi connectivity index (χ0v) is 10.00. The van der Waals surface area contributed by atoms with Crippen LogP contribution in [0.15, 0.2) is 0 Å². The van der Waals surface area contributed by atoms with Crippen LogP contribution in [0.3, 0.4) is 0 Å². The summed E-state index contributed by atoms with van der Waals surface area (Å²) in [5.74, 6) is 0.680. The van der Waals surface area contributed by atoms with Gasteiger partial charge in [-0.3, -0.25) is 4.79 Å². The molecule has 2 N–H and O–H groups in total. The summed E-state index contributed by atoms with van der Waals surface area (Å²) in [5, 5.41) is 6.43. The molecular formula is C12H22N2O2. The lowest BCUT2D eigenvalue weighted by Gasteiger charge is -2.20. The fraction of sp³-hybridized carbons (Fsp3) is 0.917. The molecule has 0 spiro atoms. The van der Waals surface area contributed by atoms with E-state index in [1.807, 2.05) is 0 Å². The van der Waals surface area contributed by atoms with Crippen LogP contribution in [0.5, 0.6) is 0 Å². The smallest absolute Gasteiger partial charge is 0.221 e. The van der Waals surface area contributed by atoms with E-state index in [9.17, 15) is 4.79 Å². The fourth-order valence-corrected chi connectivity index (χ4v) is 2.53. The first-order valence-electron chi connectivity index (χ1n) is 6.36. The van der Waals surface area contributed by atoms with Crippen molar-refractivity contribution in [2.75, 3.05) is 19.8 Å². The molecule has 2 aliphatic heterocycles. The van der Waals surface area contributed by atoms with Gasteiger partial charge in [0.25, 0.3) is 0 Å². The monoisotopic (exact) mass is 226 g/mol. The fourth-order valence-electron chi connectivity index (χ4n) is 2.53. The quantitative estimate of drug-likeness (QED) is 0.741. The minimum absolute atomic E-state index is 0.179. The van der Waals surface area contributed by atoms with Gasteiger partial charge < -0.3 is 15.4 Å². The van der Waals surface area contributed by atoms with Crippen LogP contribution < -0.4 is 10.6 Å². The van der Waals surface area contributed by atoms with Gasteiger partial charge in [-0.1, -0.05) is 0 Å². The highest BCUT2D eigenvalue weighted by atomic mass is 16.5. The Hall–Kier alpha value is -0.610. The van der Waals surface area contributed by atoms with Gasteiger partial charge in [-0.05, 0) is 32.7 Å². The van der Waals surface area contributed by atoms with Gasteiger partial charge in [0, 0.05) is 31.0 Å². The van der Waals surface area contributed by atoms with E-state index >= 15 is 0 Å². The standard InChI is InChI=1S/C12H22N2O2/c1-9(10-4-6-16-8-10)14-12(15)7-11-3-2-5-13-11/h9-11,13H,2-8H2,1H3,(H,14,15). The molecule has 1 amide bonds. The molecule has 0 aromatic heterocycles. The van der Waals surface area contributed by atoms with Gasteiger partial charge in [-0.2, -0.15) is 0 Å². The van der Waals surface area contributed by atoms with Gasteiger partial charge in [-0.25, -0.2) is 0 Å². The zero-order valence-electron chi connectivity index (χ0n) is 10.00. The molecule has 2 heterocycles. The Morgan fingerprint density at radius 3 is 3.06 bits per heavy atom. The Morgan fingerprint density at radius 2 is 2.44 bits per heavy atom. The van der Waals surface area contributed by atoms with Crippen LogP contribution in [-0.4, -0.2) is 37.7 Å². The molecule has 0 aliphatic carbocycles. The highest BCUT2D eigenvalue weighted by Crippen LogP contribution is 2.16. The second-order valence-electron chi connectivity index (χ2n) is 4.98. The number of amides is 1. The third kappa shape index (κ3) is 3.19. The Kier molecular flexibility index (Phi) is 4.18. The SMILES string of the molecule is CC(NC(=O)CC1CCCN1)C1CCOC1. The lowest BCUT2D eigenvalue weighted by atomic mass is 10.0. The number of carbonyl (C=O) groups excluding carboxylic acids is 1. The predicted octanol–water partition coefficient (Wildman–Crippen LogP) is 0.670. The summed E-state index contributed by atoms with van der Waals surface area (Å²) in [6, 6.07) is 0.642. The van der Waals surface area contributed by atoms with Gasteiger partial charge in [0.15, 0.2) is 0 Å². The van der Waals surface area contributed by atoms with Crippen molar-refractivity contribution in [2.45, 2.75) is 44.7 Å². The maximum atomic E-state index is 11.8. The lowest BCUT2D eigenvalue weighted by molar-refractivity contribution is -0.122. The van der Waals surface area contributed by atoms with E-state index in [1.54, 1.807) is 0 Å². The summed E-state index contributed by atoms with van der Waals surface area (Å²) in [7, 11) is 0. The lowest BCUT2D eigenvalue weighted by Crippen LogP contribution is -2.40. The molecule has 2 aliphatic rings. The third-order valence-electron chi connectivity index (χ3n) is 3.65. The van der Waals surface area contributed by atoms with E-state index < -0.39 is 0 Å². The Balaban J connectivity index is 1.68. The van der Waals surface area contributed by atoms with Crippen molar-refractivity contribution in [3.05, 3.63) is 0 Å². The van der Waals surface area contributed by atoms with Crippen molar-refractivity contribution in [2.24, 2.45) is 5.92 Å². The summed E-state index contributed by atoms with van der Waals surface area (Å²) in [6.45, 7) is 4.78. The maximum Gasteiger partial charge on any atom is 0.221 e. The summed E-state index contributed by atoms with van der Waals surface area (Å²) in [5.41, 5.74) is 0. The zero-order chi connectivity index (χ0) is 11.4. The first kappa shape index (κ1) is 11.9. The van der Waals surface area contributed by atoms with Crippen molar-refractivity contribution in [3.8, 4) is 0 Å². The minimum Gasteiger partial charge on any atom is -0.381 e. The Morgan fingerprint density at radius 1 is 1.56 bits per heavy atom. The van der Waals surface area contributed by atoms with E-state index in [1.165, 1.54) is 6.42 Å². The number of ether oxygens (including phenoxy) is 1. The van der Waals surface area contributed by atoms with Crippen LogP contribution in [0, 0.1) is 5.92 Å². The van der Waals surface area contributed by atoms with Crippen LogP contribution in [-0.2, 0) is 9.53 Å². The second-order valence-corrected chi connectivity index (χ2v) is 4.98. The highest BCUT2D eigenvalue weighted by molar-refractivity contribution is 5.76. The van der Waals surface area contributed by atoms with E-state index in [0.717, 1.165) is 32.6 Å². The van der Waals surface area contributed by atoms with Gasteiger partial charge in [0.1, 0.15) is 0 Å². The average Bonchev–Trinajstić information content (AvgIpc) is 2.88. The molecule has 4 nitrogen and oxygen atoms in total. The van der Waals surface area contributed by atoms with Gasteiger partial charge >= 0.3 is 0 Å². The Labute approximate surface area is 97.1 Å². The number of hydrogen-bond acceptors (Lipinski definition) is 3. The minimum atomic E-state index is 0.179. The van der Waals surface area contributed by atoms with E-state index in [4.69, 9.17) is 4.74 Å². The van der Waals surface area contributed by atoms with Crippen LogP contribution in [0.1, 0.15) is 32.6 Å². The Bertz CT molecular complexity index is 233. The molecule has 0 aromatic rings.